The maximum absolute atomic E-state index is 12.6. The Labute approximate surface area is 134 Å². The van der Waals surface area contributed by atoms with Crippen molar-refractivity contribution >= 4 is 18.3 Å². The summed E-state index contributed by atoms with van der Waals surface area (Å²) in [5.74, 6) is 0.0236. The normalized spacial score (nSPS) is 20.3. The van der Waals surface area contributed by atoms with Crippen molar-refractivity contribution in [1.29, 1.82) is 0 Å². The van der Waals surface area contributed by atoms with E-state index in [9.17, 15) is 4.79 Å². The number of benzene rings is 1. The van der Waals surface area contributed by atoms with Crippen LogP contribution in [0.25, 0.3) is 0 Å². The number of likely N-dealkylation sites (tertiary alicyclic amines) is 1. The zero-order valence-electron chi connectivity index (χ0n) is 13.2. The van der Waals surface area contributed by atoms with Crippen LogP contribution in [0, 0.1) is 11.3 Å². The molecule has 0 spiro atoms. The average molecular weight is 311 g/mol. The van der Waals surface area contributed by atoms with Gasteiger partial charge < -0.3 is 10.6 Å². The third-order valence-corrected chi connectivity index (χ3v) is 4.54. The Balaban J connectivity index is 0.00000220. The highest BCUT2D eigenvalue weighted by molar-refractivity contribution is 5.85. The lowest BCUT2D eigenvalue weighted by Crippen LogP contribution is -2.45. The van der Waals surface area contributed by atoms with Crippen molar-refractivity contribution in [2.45, 2.75) is 39.7 Å². The number of amides is 1. The van der Waals surface area contributed by atoms with Gasteiger partial charge in [-0.25, -0.2) is 0 Å². The first-order chi connectivity index (χ1) is 9.41. The van der Waals surface area contributed by atoms with Crippen LogP contribution in [-0.2, 0) is 4.79 Å². The van der Waals surface area contributed by atoms with Crippen molar-refractivity contribution < 1.29 is 4.79 Å². The van der Waals surface area contributed by atoms with Gasteiger partial charge in [-0.05, 0) is 23.8 Å². The van der Waals surface area contributed by atoms with E-state index in [1.165, 1.54) is 0 Å². The minimum absolute atomic E-state index is 0. The van der Waals surface area contributed by atoms with E-state index in [1.54, 1.807) is 0 Å². The molecular weight excluding hydrogens is 284 g/mol. The second-order valence-corrected chi connectivity index (χ2v) is 6.71. The summed E-state index contributed by atoms with van der Waals surface area (Å²) in [5.41, 5.74) is 7.65. The van der Waals surface area contributed by atoms with Crippen molar-refractivity contribution in [3.63, 3.8) is 0 Å². The van der Waals surface area contributed by atoms with Crippen molar-refractivity contribution in [1.82, 2.24) is 4.90 Å². The summed E-state index contributed by atoms with van der Waals surface area (Å²) in [7, 11) is 0. The van der Waals surface area contributed by atoms with Crippen LogP contribution in [0.4, 0.5) is 0 Å². The van der Waals surface area contributed by atoms with E-state index in [2.05, 4.69) is 13.8 Å². The standard InChI is InChI=1S/C17H26N2O.ClH/c1-13(15(18)14-7-5-4-6-8-14)16(20)19-11-9-17(2,3)10-12-19;/h4-8,13,15H,9-12,18H2,1-3H3;1H. The van der Waals surface area contributed by atoms with Gasteiger partial charge in [-0.3, -0.25) is 4.79 Å². The molecule has 2 unspecified atom stereocenters. The summed E-state index contributed by atoms with van der Waals surface area (Å²) in [6, 6.07) is 9.67. The largest absolute Gasteiger partial charge is 0.342 e. The van der Waals surface area contributed by atoms with Crippen molar-refractivity contribution in [2.24, 2.45) is 17.1 Å². The molecule has 0 bridgehead atoms. The van der Waals surface area contributed by atoms with E-state index in [4.69, 9.17) is 5.73 Å². The first kappa shape index (κ1) is 18.0. The van der Waals surface area contributed by atoms with Gasteiger partial charge >= 0.3 is 0 Å². The molecule has 2 rings (SSSR count). The van der Waals surface area contributed by atoms with Crippen LogP contribution >= 0.6 is 12.4 Å². The molecule has 1 aromatic rings. The molecule has 3 nitrogen and oxygen atoms in total. The van der Waals surface area contributed by atoms with Gasteiger partial charge in [-0.15, -0.1) is 12.4 Å². The van der Waals surface area contributed by atoms with Crippen LogP contribution in [-0.4, -0.2) is 23.9 Å². The maximum atomic E-state index is 12.6. The quantitative estimate of drug-likeness (QED) is 0.930. The summed E-state index contributed by atoms with van der Waals surface area (Å²) in [4.78, 5) is 14.6. The minimum atomic E-state index is -0.223. The smallest absolute Gasteiger partial charge is 0.227 e. The fraction of sp³-hybridized carbons (Fsp3) is 0.588. The highest BCUT2D eigenvalue weighted by Crippen LogP contribution is 2.31. The van der Waals surface area contributed by atoms with Gasteiger partial charge in [0.25, 0.3) is 0 Å². The van der Waals surface area contributed by atoms with Crippen LogP contribution in [0.1, 0.15) is 45.2 Å². The molecule has 1 aliphatic heterocycles. The van der Waals surface area contributed by atoms with Crippen LogP contribution in [0.3, 0.4) is 0 Å². The number of rotatable bonds is 3. The van der Waals surface area contributed by atoms with Crippen molar-refractivity contribution in [2.75, 3.05) is 13.1 Å². The van der Waals surface area contributed by atoms with E-state index >= 15 is 0 Å². The number of halogens is 1. The molecule has 2 N–H and O–H groups in total. The Kier molecular flexibility index (Phi) is 6.24. The molecule has 0 aliphatic carbocycles. The number of hydrogen-bond acceptors (Lipinski definition) is 2. The van der Waals surface area contributed by atoms with E-state index in [1.807, 2.05) is 42.2 Å². The fourth-order valence-corrected chi connectivity index (χ4v) is 2.74. The topological polar surface area (TPSA) is 46.3 Å². The summed E-state index contributed by atoms with van der Waals surface area (Å²) in [6.07, 6.45) is 2.15. The molecular formula is C17H27ClN2O. The number of nitrogens with two attached hydrogens (primary N) is 1. The highest BCUT2D eigenvalue weighted by atomic mass is 35.5. The van der Waals surface area contributed by atoms with Crippen LogP contribution in [0.2, 0.25) is 0 Å². The van der Waals surface area contributed by atoms with Gasteiger partial charge in [-0.2, -0.15) is 0 Å². The Morgan fingerprint density at radius 2 is 1.71 bits per heavy atom. The summed E-state index contributed by atoms with van der Waals surface area (Å²) in [5, 5.41) is 0. The second-order valence-electron chi connectivity index (χ2n) is 6.71. The summed E-state index contributed by atoms with van der Waals surface area (Å²) >= 11 is 0. The van der Waals surface area contributed by atoms with Gasteiger partial charge in [-0.1, -0.05) is 51.1 Å². The predicted octanol–water partition coefficient (Wildman–Crippen LogP) is 3.39. The minimum Gasteiger partial charge on any atom is -0.342 e. The molecule has 1 saturated heterocycles. The molecule has 118 valence electrons. The van der Waals surface area contributed by atoms with Gasteiger partial charge in [0.2, 0.25) is 5.91 Å². The molecule has 1 aromatic carbocycles. The Morgan fingerprint density at radius 1 is 1.19 bits per heavy atom. The third kappa shape index (κ3) is 4.45. The first-order valence-corrected chi connectivity index (χ1v) is 7.50. The molecule has 1 fully saturated rings. The van der Waals surface area contributed by atoms with Gasteiger partial charge in [0, 0.05) is 19.1 Å². The molecule has 0 aromatic heterocycles. The lowest BCUT2D eigenvalue weighted by atomic mass is 9.82. The van der Waals surface area contributed by atoms with Crippen LogP contribution in [0.15, 0.2) is 30.3 Å². The van der Waals surface area contributed by atoms with E-state index < -0.39 is 0 Å². The monoisotopic (exact) mass is 310 g/mol. The molecule has 1 aliphatic rings. The van der Waals surface area contributed by atoms with Crippen molar-refractivity contribution in [3.05, 3.63) is 35.9 Å². The van der Waals surface area contributed by atoms with E-state index in [-0.39, 0.29) is 30.3 Å². The number of piperidine rings is 1. The van der Waals surface area contributed by atoms with E-state index in [0.29, 0.717) is 5.41 Å². The Morgan fingerprint density at radius 3 is 2.24 bits per heavy atom. The molecule has 2 atom stereocenters. The molecule has 1 heterocycles. The van der Waals surface area contributed by atoms with Crippen molar-refractivity contribution in [3.8, 4) is 0 Å². The molecule has 0 radical (unpaired) electrons. The molecule has 1 amide bonds. The Hall–Kier alpha value is -1.06. The lowest BCUT2D eigenvalue weighted by Gasteiger charge is -2.38. The zero-order chi connectivity index (χ0) is 14.8. The lowest BCUT2D eigenvalue weighted by molar-refractivity contribution is -0.137. The average Bonchev–Trinajstić information content (AvgIpc) is 2.46. The van der Waals surface area contributed by atoms with Gasteiger partial charge in [0.15, 0.2) is 0 Å². The molecule has 21 heavy (non-hydrogen) atoms. The SMILES string of the molecule is CC(C(=O)N1CCC(C)(C)CC1)C(N)c1ccccc1.Cl. The zero-order valence-corrected chi connectivity index (χ0v) is 14.0. The van der Waals surface area contributed by atoms with Crippen LogP contribution in [0.5, 0.6) is 0 Å². The fourth-order valence-electron chi connectivity index (χ4n) is 2.74. The third-order valence-electron chi connectivity index (χ3n) is 4.54. The van der Waals surface area contributed by atoms with E-state index in [0.717, 1.165) is 31.5 Å². The first-order valence-electron chi connectivity index (χ1n) is 7.50. The number of nitrogens with zero attached hydrogens (tertiary/aromatic N) is 1. The second kappa shape index (κ2) is 7.28. The van der Waals surface area contributed by atoms with Gasteiger partial charge in [0.1, 0.15) is 0 Å². The number of hydrogen-bond donors (Lipinski definition) is 1. The summed E-state index contributed by atoms with van der Waals surface area (Å²) in [6.45, 7) is 8.21. The molecule has 0 saturated carbocycles. The predicted molar refractivity (Wildman–Crippen MR) is 89.4 cm³/mol. The molecule has 4 heteroatoms. The Bertz CT molecular complexity index is 451. The van der Waals surface area contributed by atoms with Gasteiger partial charge in [0.05, 0.1) is 5.92 Å². The van der Waals surface area contributed by atoms with Crippen LogP contribution < -0.4 is 5.73 Å². The summed E-state index contributed by atoms with van der Waals surface area (Å²) < 4.78 is 0. The number of carbonyl (C=O) groups is 1. The maximum Gasteiger partial charge on any atom is 0.227 e. The highest BCUT2D eigenvalue weighted by Gasteiger charge is 2.32. The number of carbonyl (C=O) groups excluding carboxylic acids is 1.